The highest BCUT2D eigenvalue weighted by molar-refractivity contribution is 6.09. The average Bonchev–Trinajstić information content (AvgIpc) is 1.46. The molecule has 13 rings (SSSR count). The quantitative estimate of drug-likeness (QED) is 0.123. The second kappa shape index (κ2) is 17.4. The van der Waals surface area contributed by atoms with E-state index >= 15 is 0 Å². The number of rotatable bonds is 6. The first kappa shape index (κ1) is 29.8. The van der Waals surface area contributed by atoms with Gasteiger partial charge in [0.05, 0.1) is 51.3 Å². The predicted octanol–water partition coefficient (Wildman–Crippen LogP) is 17.9. The number of hydrogen-bond donors (Lipinski definition) is 0. The van der Waals surface area contributed by atoms with E-state index in [0.717, 1.165) is 27.4 Å². The van der Waals surface area contributed by atoms with Crippen molar-refractivity contribution in [2.24, 2.45) is 0 Å². The molecular formula is C70H58N4O. The monoisotopic (exact) mass is 990 g/mol. The van der Waals surface area contributed by atoms with E-state index in [1.165, 1.54) is 34.9 Å². The molecule has 5 heteroatoms. The Kier molecular flexibility index (Phi) is 6.92. The lowest BCUT2D eigenvalue weighted by molar-refractivity contribution is -0.570. The van der Waals surface area contributed by atoms with Gasteiger partial charge in [-0.25, -0.2) is 4.98 Å². The van der Waals surface area contributed by atoms with Gasteiger partial charge in [0, 0.05) is 31.3 Å². The fourth-order valence-electron chi connectivity index (χ4n) is 10.4. The normalized spacial score (nSPS) is 16.2. The summed E-state index contributed by atoms with van der Waals surface area (Å²) in [6.07, 6.45) is 5.27. The van der Waals surface area contributed by atoms with Crippen LogP contribution >= 0.6 is 0 Å². The maximum atomic E-state index is 10.0. The minimum absolute atomic E-state index is 0.00649. The van der Waals surface area contributed by atoms with Crippen molar-refractivity contribution in [3.63, 3.8) is 0 Å². The molecule has 4 heterocycles. The van der Waals surface area contributed by atoms with Crippen LogP contribution in [0.25, 0.3) is 106 Å². The zero-order valence-corrected chi connectivity index (χ0v) is 41.8. The SMILES string of the molecule is [2H]c1c([2H])c([2H])c(-c2cc(C(C)(C)C)cc3c2-[n+]2[c-]n(-c4cccc(Oc5ccc6c7ccccc7n(-c7cc(C(C)(C)C)ccn7)c6c5)c4)c4cc(-c5c(C([2H])([2H])[2H])cccc5C([2H])([2H])[2H])cc(c42)-c2c([2H])c([2H])c([2H])c([2H])c2-c2c([2H])c([2H])c([2H])c([2H])c2-3)c([2H])c1[2H]. The molecule has 0 atom stereocenters. The third kappa shape index (κ3) is 7.76. The van der Waals surface area contributed by atoms with E-state index in [1.807, 2.05) is 69.3 Å². The van der Waals surface area contributed by atoms with Gasteiger partial charge < -0.3 is 4.74 Å². The number of hydrogen-bond acceptors (Lipinski definition) is 2. The summed E-state index contributed by atoms with van der Waals surface area (Å²) < 4.78 is 188. The number of ether oxygens (including phenoxy) is 1. The van der Waals surface area contributed by atoms with Gasteiger partial charge in [0.1, 0.15) is 17.3 Å². The third-order valence-electron chi connectivity index (χ3n) is 14.0. The topological polar surface area (TPSA) is 35.9 Å². The van der Waals surface area contributed by atoms with Crippen LogP contribution in [0.2, 0.25) is 0 Å². The van der Waals surface area contributed by atoms with Crippen molar-refractivity contribution >= 4 is 32.8 Å². The van der Waals surface area contributed by atoms with Crippen LogP contribution in [0.4, 0.5) is 0 Å². The summed E-state index contributed by atoms with van der Waals surface area (Å²) in [5.74, 6) is 1.39. The zero-order valence-electron chi connectivity index (χ0n) is 60.8. The number of fused-ring (bicyclic) bond motifs is 10. The summed E-state index contributed by atoms with van der Waals surface area (Å²) in [6, 6.07) is 25.4. The van der Waals surface area contributed by atoms with Crippen molar-refractivity contribution < 1.29 is 35.3 Å². The molecule has 0 amide bonds. The predicted molar refractivity (Wildman–Crippen MR) is 310 cm³/mol. The van der Waals surface area contributed by atoms with Crippen molar-refractivity contribution in [1.29, 1.82) is 0 Å². The van der Waals surface area contributed by atoms with Crippen LogP contribution < -0.4 is 9.30 Å². The summed E-state index contributed by atoms with van der Waals surface area (Å²) in [4.78, 5) is 4.85. The Hall–Kier alpha value is -8.80. The Bertz CT molecular complexity index is 5220. The van der Waals surface area contributed by atoms with Gasteiger partial charge in [-0.3, -0.25) is 13.7 Å². The molecule has 75 heavy (non-hydrogen) atoms. The van der Waals surface area contributed by atoms with Crippen molar-refractivity contribution in [3.8, 4) is 84.3 Å². The van der Waals surface area contributed by atoms with Crippen molar-refractivity contribution in [2.75, 3.05) is 0 Å². The van der Waals surface area contributed by atoms with E-state index in [1.54, 1.807) is 47.2 Å². The molecule has 0 aliphatic carbocycles. The van der Waals surface area contributed by atoms with Gasteiger partial charge in [-0.2, -0.15) is 0 Å². The largest absolute Gasteiger partial charge is 0.458 e. The molecule has 0 bridgehead atoms. The Morgan fingerprint density at radius 3 is 1.88 bits per heavy atom. The minimum Gasteiger partial charge on any atom is -0.458 e. The lowest BCUT2D eigenvalue weighted by atomic mass is 9.81. The second-order valence-electron chi connectivity index (χ2n) is 20.8. The maximum absolute atomic E-state index is 10.0. The summed E-state index contributed by atoms with van der Waals surface area (Å²) in [5.41, 5.74) is -0.616. The first-order chi connectivity index (χ1) is 44.1. The molecular weight excluding hydrogens is 913 g/mol. The van der Waals surface area contributed by atoms with Crippen molar-refractivity contribution in [1.82, 2.24) is 14.1 Å². The van der Waals surface area contributed by atoms with E-state index in [2.05, 4.69) is 37.7 Å². The van der Waals surface area contributed by atoms with Crippen molar-refractivity contribution in [3.05, 3.63) is 235 Å². The molecule has 3 aromatic heterocycles. The van der Waals surface area contributed by atoms with E-state index in [0.29, 0.717) is 17.1 Å². The molecule has 364 valence electrons. The maximum Gasteiger partial charge on any atom is 0.269 e. The van der Waals surface area contributed by atoms with Crippen LogP contribution in [-0.4, -0.2) is 14.1 Å². The van der Waals surface area contributed by atoms with Gasteiger partial charge in [0.2, 0.25) is 0 Å². The number of aromatic nitrogens is 4. The van der Waals surface area contributed by atoms with Crippen LogP contribution in [0.3, 0.4) is 0 Å². The third-order valence-corrected chi connectivity index (χ3v) is 14.0. The second-order valence-corrected chi connectivity index (χ2v) is 20.8. The number of imidazole rings is 1. The summed E-state index contributed by atoms with van der Waals surface area (Å²) in [6.45, 7) is 6.03. The summed E-state index contributed by atoms with van der Waals surface area (Å²) >= 11 is 0. The highest BCUT2D eigenvalue weighted by Crippen LogP contribution is 2.48. The van der Waals surface area contributed by atoms with Gasteiger partial charge >= 0.3 is 0 Å². The molecule has 12 aromatic rings. The molecule has 1 aliphatic heterocycles. The smallest absolute Gasteiger partial charge is 0.269 e. The van der Waals surface area contributed by atoms with Crippen LogP contribution in [0.1, 0.15) is 89.8 Å². The Balaban J connectivity index is 1.20. The molecule has 0 fully saturated rings. The van der Waals surface area contributed by atoms with Gasteiger partial charge in [0.25, 0.3) is 6.33 Å². The summed E-state index contributed by atoms with van der Waals surface area (Å²) in [7, 11) is 0. The Labute approximate surface area is 466 Å². The molecule has 0 saturated heterocycles. The van der Waals surface area contributed by atoms with Crippen LogP contribution in [0.5, 0.6) is 11.5 Å². The van der Waals surface area contributed by atoms with Gasteiger partial charge in [-0.15, -0.1) is 0 Å². The van der Waals surface area contributed by atoms with Crippen LogP contribution in [0, 0.1) is 20.0 Å². The standard InChI is InChI=1S/C70H58N4O/c1-44-20-18-21-45(2)66(44)47-36-60-55-28-14-12-26-53(55)54-27-13-15-29-56(54)61-39-49(70(6,7)8)38-59(46-22-10-9-11-23-46)67(61)73-43-72(64(37-47)68(60)73)50-24-19-25-51(41-50)75-52-32-33-58-57-30-16-17-31-62(57)74(63(58)42-52)65-40-48(34-35-71-65)69(3,4)5/h9-42H,1-8H3/i1D3,2D3,9D,10D,11D,12D,13D,14D,15D,22D,23D,26D,27D,28D,29D. The molecule has 0 unspecified atom stereocenters. The lowest BCUT2D eigenvalue weighted by Gasteiger charge is -2.26. The minimum atomic E-state index is -2.97. The molecule has 0 spiro atoms. The van der Waals surface area contributed by atoms with Gasteiger partial charge in [0.15, 0.2) is 0 Å². The first-order valence-electron chi connectivity index (χ1n) is 34.0. The first-order valence-corrected chi connectivity index (χ1v) is 24.5. The van der Waals surface area contributed by atoms with Crippen LogP contribution in [-0.2, 0) is 10.8 Å². The molecule has 0 saturated carbocycles. The Morgan fingerprint density at radius 1 is 0.520 bits per heavy atom. The number of aryl methyl sites for hydroxylation is 2. The zero-order chi connectivity index (χ0) is 67.6. The van der Waals surface area contributed by atoms with Crippen LogP contribution in [0.15, 0.2) is 206 Å². The van der Waals surface area contributed by atoms with Gasteiger partial charge in [-0.1, -0.05) is 181 Å². The van der Waals surface area contributed by atoms with Gasteiger partial charge in [-0.05, 0) is 157 Å². The lowest BCUT2D eigenvalue weighted by Crippen LogP contribution is -2.32. The van der Waals surface area contributed by atoms with E-state index in [-0.39, 0.29) is 89.2 Å². The van der Waals surface area contributed by atoms with E-state index < -0.39 is 109 Å². The highest BCUT2D eigenvalue weighted by atomic mass is 16.5. The van der Waals surface area contributed by atoms with E-state index in [9.17, 15) is 13.7 Å². The molecule has 5 nitrogen and oxygen atoms in total. The Morgan fingerprint density at radius 2 is 1.16 bits per heavy atom. The summed E-state index contributed by atoms with van der Waals surface area (Å²) in [5, 5.41) is 1.91. The number of para-hydroxylation sites is 1. The fourth-order valence-corrected chi connectivity index (χ4v) is 10.4. The highest BCUT2D eigenvalue weighted by Gasteiger charge is 2.30. The molecule has 0 radical (unpaired) electrons. The van der Waals surface area contributed by atoms with E-state index in [4.69, 9.17) is 22.1 Å². The molecule has 0 N–H and O–H groups in total. The number of nitrogens with zero attached hydrogens (tertiary/aromatic N) is 4. The fraction of sp³-hybridized carbons (Fsp3) is 0.143. The average molecular weight is 990 g/mol. The number of pyridine rings is 1. The molecule has 9 aromatic carbocycles. The molecule has 1 aliphatic rings. The van der Waals surface area contributed by atoms with Crippen molar-refractivity contribution in [2.45, 2.75) is 66.1 Å². The number of benzene rings is 9.